The Morgan fingerprint density at radius 1 is 0.950 bits per heavy atom. The Morgan fingerprint density at radius 3 is 2.10 bits per heavy atom. The smallest absolute Gasteiger partial charge is 0.152 e. The number of aryl methyl sites for hydroxylation is 4. The van der Waals surface area contributed by atoms with Crippen molar-refractivity contribution in [2.75, 3.05) is 5.32 Å². The van der Waals surface area contributed by atoms with Gasteiger partial charge in [0.15, 0.2) is 5.82 Å². The summed E-state index contributed by atoms with van der Waals surface area (Å²) < 4.78 is 13.4. The van der Waals surface area contributed by atoms with Crippen molar-refractivity contribution < 1.29 is 4.39 Å². The lowest BCUT2D eigenvalue weighted by Gasteiger charge is -2.20. The molecule has 3 nitrogen and oxygen atoms in total. The van der Waals surface area contributed by atoms with E-state index in [1.807, 2.05) is 40.7 Å². The van der Waals surface area contributed by atoms with Crippen molar-refractivity contribution in [1.29, 1.82) is 0 Å². The number of halogens is 1. The first kappa shape index (κ1) is 14.4. The molecule has 0 unspecified atom stereocenters. The average molecular weight is 273 g/mol. The van der Waals surface area contributed by atoms with Gasteiger partial charge in [-0.2, -0.15) is 5.10 Å². The zero-order valence-corrected chi connectivity index (χ0v) is 12.6. The second kappa shape index (κ2) is 5.57. The van der Waals surface area contributed by atoms with E-state index in [2.05, 4.69) is 15.5 Å². The van der Waals surface area contributed by atoms with Crippen LogP contribution in [0.3, 0.4) is 0 Å². The first-order chi connectivity index (χ1) is 9.38. The van der Waals surface area contributed by atoms with Crippen molar-refractivity contribution in [3.63, 3.8) is 0 Å². The Hall–Kier alpha value is -1.97. The SMILES string of the molecule is Cc1cc(C)c(N[C@@H](C)c2c(C)cc(F)cc2C)nn1. The molecular weight excluding hydrogens is 253 g/mol. The monoisotopic (exact) mass is 273 g/mol. The molecule has 20 heavy (non-hydrogen) atoms. The number of benzene rings is 1. The molecule has 0 bridgehead atoms. The molecule has 0 aliphatic rings. The molecule has 106 valence electrons. The van der Waals surface area contributed by atoms with E-state index in [-0.39, 0.29) is 11.9 Å². The van der Waals surface area contributed by atoms with Crippen LogP contribution in [0.5, 0.6) is 0 Å². The van der Waals surface area contributed by atoms with Gasteiger partial charge in [0.05, 0.1) is 11.7 Å². The minimum atomic E-state index is -0.192. The summed E-state index contributed by atoms with van der Waals surface area (Å²) in [7, 11) is 0. The van der Waals surface area contributed by atoms with E-state index in [0.29, 0.717) is 0 Å². The number of rotatable bonds is 3. The number of hydrogen-bond acceptors (Lipinski definition) is 3. The van der Waals surface area contributed by atoms with Gasteiger partial charge in [0.2, 0.25) is 0 Å². The predicted octanol–water partition coefficient (Wildman–Crippen LogP) is 4.02. The van der Waals surface area contributed by atoms with E-state index in [4.69, 9.17) is 0 Å². The van der Waals surface area contributed by atoms with Crippen LogP contribution in [-0.4, -0.2) is 10.2 Å². The fourth-order valence-electron chi connectivity index (χ4n) is 2.64. The number of aromatic nitrogens is 2. The van der Waals surface area contributed by atoms with Crippen molar-refractivity contribution >= 4 is 5.82 Å². The summed E-state index contributed by atoms with van der Waals surface area (Å²) in [6.07, 6.45) is 0. The van der Waals surface area contributed by atoms with E-state index in [9.17, 15) is 4.39 Å². The third-order valence-corrected chi connectivity index (χ3v) is 3.45. The summed E-state index contributed by atoms with van der Waals surface area (Å²) in [6.45, 7) is 9.82. The second-order valence-electron chi connectivity index (χ2n) is 5.34. The highest BCUT2D eigenvalue weighted by Gasteiger charge is 2.14. The Labute approximate surface area is 119 Å². The predicted molar refractivity (Wildman–Crippen MR) is 79.4 cm³/mol. The number of nitrogens with one attached hydrogen (secondary N) is 1. The highest BCUT2D eigenvalue weighted by Crippen LogP contribution is 2.26. The lowest BCUT2D eigenvalue weighted by molar-refractivity contribution is 0.623. The van der Waals surface area contributed by atoms with E-state index in [1.54, 1.807) is 12.1 Å². The second-order valence-corrected chi connectivity index (χ2v) is 5.34. The standard InChI is InChI=1S/C16H20FN3/c1-9-7-14(17)8-10(2)15(9)13(5)18-16-11(3)6-12(4)19-20-16/h6-8,13H,1-5H3,(H,18,20)/t13-/m0/s1. The van der Waals surface area contributed by atoms with Gasteiger partial charge < -0.3 is 5.32 Å². The molecule has 0 spiro atoms. The molecule has 2 rings (SSSR count). The normalized spacial score (nSPS) is 12.3. The van der Waals surface area contributed by atoms with Crippen LogP contribution in [0.25, 0.3) is 0 Å². The molecule has 1 heterocycles. The minimum absolute atomic E-state index is 0.0475. The summed E-state index contributed by atoms with van der Waals surface area (Å²) in [6, 6.07) is 5.17. The van der Waals surface area contributed by atoms with E-state index >= 15 is 0 Å². The van der Waals surface area contributed by atoms with Gasteiger partial charge in [-0.25, -0.2) is 4.39 Å². The maximum atomic E-state index is 13.4. The van der Waals surface area contributed by atoms with Crippen LogP contribution in [0.1, 0.15) is 40.9 Å². The summed E-state index contributed by atoms with van der Waals surface area (Å²) in [5.41, 5.74) is 4.95. The molecule has 0 saturated heterocycles. The third kappa shape index (κ3) is 2.95. The molecule has 1 aromatic carbocycles. The van der Waals surface area contributed by atoms with Gasteiger partial charge in [0, 0.05) is 0 Å². The van der Waals surface area contributed by atoms with Crippen LogP contribution in [-0.2, 0) is 0 Å². The van der Waals surface area contributed by atoms with E-state index in [1.165, 1.54) is 0 Å². The number of nitrogens with zero attached hydrogens (tertiary/aromatic N) is 2. The summed E-state index contributed by atoms with van der Waals surface area (Å²) >= 11 is 0. The number of hydrogen-bond donors (Lipinski definition) is 1. The number of anilines is 1. The van der Waals surface area contributed by atoms with Crippen LogP contribution in [0.4, 0.5) is 10.2 Å². The zero-order chi connectivity index (χ0) is 14.9. The molecule has 1 aromatic heterocycles. The average Bonchev–Trinajstić information content (AvgIpc) is 2.31. The van der Waals surface area contributed by atoms with Crippen molar-refractivity contribution in [3.05, 3.63) is 52.0 Å². The topological polar surface area (TPSA) is 37.8 Å². The molecule has 0 amide bonds. The minimum Gasteiger partial charge on any atom is -0.362 e. The molecule has 0 radical (unpaired) electrons. The quantitative estimate of drug-likeness (QED) is 0.917. The van der Waals surface area contributed by atoms with Gasteiger partial charge in [0.1, 0.15) is 5.82 Å². The van der Waals surface area contributed by atoms with Crippen molar-refractivity contribution in [2.24, 2.45) is 0 Å². The highest BCUT2D eigenvalue weighted by atomic mass is 19.1. The summed E-state index contributed by atoms with van der Waals surface area (Å²) in [5.74, 6) is 0.577. The molecule has 0 aliphatic carbocycles. The van der Waals surface area contributed by atoms with Crippen LogP contribution < -0.4 is 5.32 Å². The largest absolute Gasteiger partial charge is 0.362 e. The van der Waals surface area contributed by atoms with Gasteiger partial charge >= 0.3 is 0 Å². The van der Waals surface area contributed by atoms with Gasteiger partial charge in [-0.15, -0.1) is 5.10 Å². The molecule has 0 aliphatic heterocycles. The maximum absolute atomic E-state index is 13.4. The van der Waals surface area contributed by atoms with Crippen molar-refractivity contribution in [2.45, 2.75) is 40.7 Å². The maximum Gasteiger partial charge on any atom is 0.152 e. The van der Waals surface area contributed by atoms with E-state index < -0.39 is 0 Å². The van der Waals surface area contributed by atoms with Gasteiger partial charge in [-0.3, -0.25) is 0 Å². The third-order valence-electron chi connectivity index (χ3n) is 3.45. The van der Waals surface area contributed by atoms with Gasteiger partial charge in [-0.1, -0.05) is 0 Å². The molecule has 4 heteroatoms. The molecule has 0 saturated carbocycles. The van der Waals surface area contributed by atoms with Gasteiger partial charge in [-0.05, 0) is 75.1 Å². The molecule has 0 fully saturated rings. The summed E-state index contributed by atoms with van der Waals surface area (Å²) in [4.78, 5) is 0. The van der Waals surface area contributed by atoms with Crippen LogP contribution in [0.15, 0.2) is 18.2 Å². The first-order valence-electron chi connectivity index (χ1n) is 6.72. The van der Waals surface area contributed by atoms with Crippen LogP contribution >= 0.6 is 0 Å². The Kier molecular flexibility index (Phi) is 4.02. The lowest BCUT2D eigenvalue weighted by atomic mass is 9.97. The first-order valence-corrected chi connectivity index (χ1v) is 6.72. The molecular formula is C16H20FN3. The van der Waals surface area contributed by atoms with Crippen LogP contribution in [0, 0.1) is 33.5 Å². The Balaban J connectivity index is 2.31. The van der Waals surface area contributed by atoms with Gasteiger partial charge in [0.25, 0.3) is 0 Å². The fraction of sp³-hybridized carbons (Fsp3) is 0.375. The fourth-order valence-corrected chi connectivity index (χ4v) is 2.64. The summed E-state index contributed by atoms with van der Waals surface area (Å²) in [5, 5.41) is 11.6. The zero-order valence-electron chi connectivity index (χ0n) is 12.6. The molecule has 1 N–H and O–H groups in total. The Bertz CT molecular complexity index is 615. The highest BCUT2D eigenvalue weighted by molar-refractivity contribution is 5.47. The van der Waals surface area contributed by atoms with E-state index in [0.717, 1.165) is 33.8 Å². The molecule has 1 atom stereocenters. The van der Waals surface area contributed by atoms with Crippen LogP contribution in [0.2, 0.25) is 0 Å². The Morgan fingerprint density at radius 2 is 1.55 bits per heavy atom. The van der Waals surface area contributed by atoms with Crippen molar-refractivity contribution in [1.82, 2.24) is 10.2 Å². The lowest BCUT2D eigenvalue weighted by Crippen LogP contribution is -2.13. The van der Waals surface area contributed by atoms with Crippen molar-refractivity contribution in [3.8, 4) is 0 Å². The molecule has 2 aromatic rings.